The number of hydrogen-bond acceptors (Lipinski definition) is 4. The van der Waals surface area contributed by atoms with Crippen molar-refractivity contribution in [2.24, 2.45) is 5.41 Å². The smallest absolute Gasteiger partial charge is 0.306 e. The van der Waals surface area contributed by atoms with E-state index in [9.17, 15) is 4.79 Å². The molecule has 4 heteroatoms. The van der Waals surface area contributed by atoms with Crippen LogP contribution in [0.5, 0.6) is 0 Å². The highest BCUT2D eigenvalue weighted by Crippen LogP contribution is 2.51. The average Bonchev–Trinajstić information content (AvgIpc) is 3.18. The van der Waals surface area contributed by atoms with Crippen LogP contribution in [0.2, 0.25) is 0 Å². The average molecular weight is 330 g/mol. The Hall–Kier alpha value is -1.39. The zero-order valence-electron chi connectivity index (χ0n) is 14.1. The van der Waals surface area contributed by atoms with Crippen LogP contribution in [0.4, 0.5) is 0 Å². The topological polar surface area (TPSA) is 55.8 Å². The van der Waals surface area contributed by atoms with Gasteiger partial charge in [-0.3, -0.25) is 4.79 Å². The highest BCUT2D eigenvalue weighted by Gasteiger charge is 2.46. The fourth-order valence-corrected chi connectivity index (χ4v) is 4.78. The Labute approximate surface area is 143 Å². The summed E-state index contributed by atoms with van der Waals surface area (Å²) in [6, 6.07) is 6.92. The van der Waals surface area contributed by atoms with E-state index in [1.54, 1.807) is 0 Å². The number of rotatable bonds is 4. The fraction of sp³-hybridized carbons (Fsp3) is 0.650. The summed E-state index contributed by atoms with van der Waals surface area (Å²) in [5, 5.41) is 8.90. The van der Waals surface area contributed by atoms with Crippen LogP contribution in [-0.4, -0.2) is 37.0 Å². The van der Waals surface area contributed by atoms with Crippen LogP contribution in [0.15, 0.2) is 18.2 Å². The minimum atomic E-state index is -0.0185. The number of carbonyl (C=O) groups excluding carboxylic acids is 1. The lowest BCUT2D eigenvalue weighted by Crippen LogP contribution is -2.24. The number of fused-ring (bicyclic) bond motifs is 1. The van der Waals surface area contributed by atoms with Crippen LogP contribution in [0, 0.1) is 5.41 Å². The van der Waals surface area contributed by atoms with Gasteiger partial charge in [0.1, 0.15) is 0 Å². The van der Waals surface area contributed by atoms with E-state index in [-0.39, 0.29) is 24.1 Å². The summed E-state index contributed by atoms with van der Waals surface area (Å²) < 4.78 is 10.9. The predicted molar refractivity (Wildman–Crippen MR) is 89.9 cm³/mol. The summed E-state index contributed by atoms with van der Waals surface area (Å²) in [6.07, 6.45) is 7.25. The van der Waals surface area contributed by atoms with Crippen molar-refractivity contribution in [3.05, 3.63) is 34.9 Å². The molecule has 2 fully saturated rings. The number of aryl methyl sites for hydroxylation is 1. The van der Waals surface area contributed by atoms with Gasteiger partial charge in [-0.25, -0.2) is 0 Å². The molecule has 1 spiro atoms. The van der Waals surface area contributed by atoms with Crippen molar-refractivity contribution in [2.75, 3.05) is 19.8 Å². The molecule has 0 radical (unpaired) electrons. The maximum Gasteiger partial charge on any atom is 0.306 e. The number of aliphatic hydroxyl groups excluding tert-OH is 1. The second kappa shape index (κ2) is 6.49. The van der Waals surface area contributed by atoms with E-state index in [2.05, 4.69) is 18.2 Å². The lowest BCUT2D eigenvalue weighted by molar-refractivity contribution is -0.137. The molecule has 4 rings (SSSR count). The molecule has 3 aliphatic rings. The lowest BCUT2D eigenvalue weighted by atomic mass is 9.82. The molecular formula is C20H26O4. The molecule has 4 nitrogen and oxygen atoms in total. The number of cyclic esters (lactones) is 1. The highest BCUT2D eigenvalue weighted by molar-refractivity contribution is 5.72. The molecule has 3 atom stereocenters. The molecule has 1 unspecified atom stereocenters. The Bertz CT molecular complexity index is 626. The maximum atomic E-state index is 11.5. The first-order valence-corrected chi connectivity index (χ1v) is 9.17. The Balaban J connectivity index is 1.44. The van der Waals surface area contributed by atoms with E-state index in [0.29, 0.717) is 25.6 Å². The summed E-state index contributed by atoms with van der Waals surface area (Å²) in [5.74, 6) is 0.545. The van der Waals surface area contributed by atoms with Crippen LogP contribution in [0.3, 0.4) is 0 Å². The maximum absolute atomic E-state index is 11.5. The van der Waals surface area contributed by atoms with E-state index in [1.807, 2.05) is 0 Å². The molecule has 0 bridgehead atoms. The van der Waals surface area contributed by atoms with Gasteiger partial charge in [-0.15, -0.1) is 0 Å². The van der Waals surface area contributed by atoms with E-state index >= 15 is 0 Å². The first-order valence-electron chi connectivity index (χ1n) is 9.17. The minimum absolute atomic E-state index is 0.0185. The van der Waals surface area contributed by atoms with Crippen molar-refractivity contribution in [3.8, 4) is 0 Å². The molecule has 1 aliphatic heterocycles. The predicted octanol–water partition coefficient (Wildman–Crippen LogP) is 2.75. The van der Waals surface area contributed by atoms with Crippen molar-refractivity contribution in [1.29, 1.82) is 0 Å². The Morgan fingerprint density at radius 3 is 3.00 bits per heavy atom. The molecule has 1 saturated heterocycles. The van der Waals surface area contributed by atoms with Crippen LogP contribution in [0.25, 0.3) is 0 Å². The molecule has 0 amide bonds. The minimum Gasteiger partial charge on any atom is -0.465 e. The number of hydrogen-bond donors (Lipinski definition) is 1. The first-order chi connectivity index (χ1) is 11.7. The van der Waals surface area contributed by atoms with Gasteiger partial charge in [0.25, 0.3) is 0 Å². The number of carbonyl (C=O) groups is 1. The van der Waals surface area contributed by atoms with Gasteiger partial charge in [-0.2, -0.15) is 0 Å². The summed E-state index contributed by atoms with van der Waals surface area (Å²) in [5.41, 5.74) is 4.39. The quantitative estimate of drug-likeness (QED) is 0.863. The third-order valence-corrected chi connectivity index (χ3v) is 6.09. The number of aliphatic hydroxyl groups is 1. The van der Waals surface area contributed by atoms with Gasteiger partial charge in [0.05, 0.1) is 32.3 Å². The largest absolute Gasteiger partial charge is 0.465 e. The second-order valence-corrected chi connectivity index (χ2v) is 7.76. The Morgan fingerprint density at radius 2 is 2.21 bits per heavy atom. The van der Waals surface area contributed by atoms with Crippen LogP contribution >= 0.6 is 0 Å². The first kappa shape index (κ1) is 16.1. The number of benzene rings is 1. The van der Waals surface area contributed by atoms with Crippen molar-refractivity contribution in [2.45, 2.75) is 57.0 Å². The van der Waals surface area contributed by atoms with Gasteiger partial charge in [0.2, 0.25) is 0 Å². The van der Waals surface area contributed by atoms with Gasteiger partial charge >= 0.3 is 5.97 Å². The number of ether oxygens (including phenoxy) is 2. The highest BCUT2D eigenvalue weighted by atomic mass is 16.5. The van der Waals surface area contributed by atoms with Gasteiger partial charge in [0.15, 0.2) is 0 Å². The van der Waals surface area contributed by atoms with Crippen LogP contribution in [-0.2, 0) is 27.1 Å². The third kappa shape index (κ3) is 3.09. The molecule has 1 N–H and O–H groups in total. The Morgan fingerprint density at radius 1 is 1.29 bits per heavy atom. The van der Waals surface area contributed by atoms with Crippen molar-refractivity contribution in [3.63, 3.8) is 0 Å². The van der Waals surface area contributed by atoms with E-state index in [1.165, 1.54) is 16.7 Å². The fourth-order valence-electron chi connectivity index (χ4n) is 4.78. The normalized spacial score (nSPS) is 32.1. The van der Waals surface area contributed by atoms with E-state index < -0.39 is 0 Å². The monoisotopic (exact) mass is 330 g/mol. The van der Waals surface area contributed by atoms with Gasteiger partial charge in [-0.1, -0.05) is 18.2 Å². The second-order valence-electron chi connectivity index (χ2n) is 7.76. The van der Waals surface area contributed by atoms with Crippen molar-refractivity contribution < 1.29 is 19.4 Å². The van der Waals surface area contributed by atoms with E-state index in [0.717, 1.165) is 38.5 Å². The SMILES string of the molecule is O=C1C[C@@]2(CC[C@H](c3ccc4c(c3)CCC(OCCO)C4)C2)CO1. The molecule has 24 heavy (non-hydrogen) atoms. The van der Waals surface area contributed by atoms with Gasteiger partial charge in [0, 0.05) is 5.41 Å². The van der Waals surface area contributed by atoms with E-state index in [4.69, 9.17) is 14.6 Å². The van der Waals surface area contributed by atoms with Crippen LogP contribution < -0.4 is 0 Å². The standard InChI is InChI=1S/C20H26O4/c21-7-8-23-18-4-3-14-9-15(1-2-16(14)10-18)17-5-6-20(11-17)12-19(22)24-13-20/h1-2,9,17-18,21H,3-8,10-13H2/t17-,18?,20-/m0/s1. The Kier molecular flexibility index (Phi) is 4.35. The molecule has 130 valence electrons. The molecule has 1 aromatic carbocycles. The lowest BCUT2D eigenvalue weighted by Gasteiger charge is -2.26. The van der Waals surface area contributed by atoms with Crippen LogP contribution in [0.1, 0.15) is 54.7 Å². The number of esters is 1. The molecule has 1 saturated carbocycles. The molecular weight excluding hydrogens is 304 g/mol. The van der Waals surface area contributed by atoms with Gasteiger partial charge < -0.3 is 14.6 Å². The molecule has 1 aromatic rings. The summed E-state index contributed by atoms with van der Waals surface area (Å²) in [4.78, 5) is 11.5. The molecule has 0 aromatic heterocycles. The summed E-state index contributed by atoms with van der Waals surface area (Å²) in [7, 11) is 0. The van der Waals surface area contributed by atoms with Crippen molar-refractivity contribution >= 4 is 5.97 Å². The zero-order valence-corrected chi connectivity index (χ0v) is 14.1. The molecule has 1 heterocycles. The third-order valence-electron chi connectivity index (χ3n) is 6.09. The van der Waals surface area contributed by atoms with Gasteiger partial charge in [-0.05, 0) is 61.1 Å². The van der Waals surface area contributed by atoms with Crippen molar-refractivity contribution in [1.82, 2.24) is 0 Å². The zero-order chi connectivity index (χ0) is 16.6. The summed E-state index contributed by atoms with van der Waals surface area (Å²) >= 11 is 0. The summed E-state index contributed by atoms with van der Waals surface area (Å²) in [6.45, 7) is 1.15. The molecule has 2 aliphatic carbocycles.